The number of allylic oxidation sites excluding steroid dienone is 5. The fourth-order valence-electron chi connectivity index (χ4n) is 21.3. The zero-order valence-electron chi connectivity index (χ0n) is 54.9. The highest BCUT2D eigenvalue weighted by atomic mass is 33.1. The number of cyclic esters (lactones) is 1. The molecule has 0 unspecified atom stereocenters. The molecule has 2 aromatic carbocycles. The van der Waals surface area contributed by atoms with E-state index >= 15 is 14.7 Å². The van der Waals surface area contributed by atoms with Crippen LogP contribution in [0.2, 0.25) is 0 Å². The van der Waals surface area contributed by atoms with Crippen LogP contribution in [0.3, 0.4) is 0 Å². The molecule has 2 aliphatic heterocycles. The van der Waals surface area contributed by atoms with Gasteiger partial charge < -0.3 is 72.0 Å². The number of fused-ring (bicyclic) bond motifs is 8. The number of carbonyl (C=O) groups excluding carboxylic acids is 3. The minimum absolute atomic E-state index is 0.00318. The number of hydrogen-bond acceptors (Lipinski definition) is 17. The van der Waals surface area contributed by atoms with Crippen LogP contribution in [-0.4, -0.2) is 147 Å². The number of aromatic amines is 1. The number of ether oxygens (including phenoxy) is 1. The molecule has 25 atom stereocenters. The molecule has 8 aliphatic carbocycles. The third kappa shape index (κ3) is 12.0. The van der Waals surface area contributed by atoms with Gasteiger partial charge in [0.2, 0.25) is 0 Å². The fraction of sp³-hybridized carbons (Fsp3) is 0.627. The lowest BCUT2D eigenvalue weighted by molar-refractivity contribution is -0.201. The number of nitrogens with zero attached hydrogens (tertiary/aromatic N) is 1. The molecule has 3 aromatic rings. The second kappa shape index (κ2) is 27.0. The van der Waals surface area contributed by atoms with E-state index in [0.29, 0.717) is 18.1 Å². The average molecular weight is 1340 g/mol. The number of aromatic nitrogens is 1. The summed E-state index contributed by atoms with van der Waals surface area (Å²) >= 11 is 0. The number of aliphatic hydroxyl groups is 8. The Morgan fingerprint density at radius 1 is 0.937 bits per heavy atom. The van der Waals surface area contributed by atoms with Crippen LogP contribution in [0.1, 0.15) is 133 Å². The summed E-state index contributed by atoms with van der Waals surface area (Å²) in [5, 5.41) is 120. The van der Waals surface area contributed by atoms with Crippen LogP contribution in [0.5, 0.6) is 5.75 Å². The molecule has 6 bridgehead atoms. The molecule has 95 heavy (non-hydrogen) atoms. The van der Waals surface area contributed by atoms with Crippen molar-refractivity contribution in [1.82, 2.24) is 15.6 Å². The third-order valence-corrected chi connectivity index (χ3v) is 28.0. The number of esters is 1. The molecule has 13 rings (SSSR count). The second-order valence-corrected chi connectivity index (χ2v) is 33.0. The molecule has 2 saturated heterocycles. The van der Waals surface area contributed by atoms with Crippen LogP contribution in [0.25, 0.3) is 0 Å². The summed E-state index contributed by atoms with van der Waals surface area (Å²) in [6.45, 7) is 7.48. The van der Waals surface area contributed by atoms with E-state index in [2.05, 4.69) is 52.6 Å². The Morgan fingerprint density at radius 3 is 2.43 bits per heavy atom. The van der Waals surface area contributed by atoms with E-state index in [1.165, 1.54) is 27.2 Å². The first kappa shape index (κ1) is 68.1. The number of aliphatic hydroxyl groups excluding tert-OH is 5. The Hall–Kier alpha value is -5.44. The van der Waals surface area contributed by atoms with Crippen molar-refractivity contribution < 1.29 is 65.1 Å². The van der Waals surface area contributed by atoms with E-state index < -0.39 is 142 Å². The van der Waals surface area contributed by atoms with Gasteiger partial charge in [0.1, 0.15) is 17.9 Å². The van der Waals surface area contributed by atoms with Crippen LogP contribution in [0, 0.1) is 106 Å². The number of nitrogens with one attached hydrogen (secondary N) is 3. The van der Waals surface area contributed by atoms with Crippen LogP contribution >= 0.6 is 21.6 Å². The number of aliphatic imine (C=N–C) groups is 1. The first-order valence-corrected chi connectivity index (χ1v) is 37.4. The number of phenols is 1. The van der Waals surface area contributed by atoms with Gasteiger partial charge in [-0.15, -0.1) is 5.92 Å². The molecule has 10 aliphatic rings. The molecule has 0 radical (unpaired) electrons. The summed E-state index contributed by atoms with van der Waals surface area (Å²) in [5.74, 6) is -0.905. The van der Waals surface area contributed by atoms with E-state index in [-0.39, 0.29) is 123 Å². The van der Waals surface area contributed by atoms with Crippen molar-refractivity contribution in [2.45, 2.75) is 171 Å². The summed E-state index contributed by atoms with van der Waals surface area (Å²) in [6.07, 6.45) is 7.18. The highest BCUT2D eigenvalue weighted by Gasteiger charge is 2.75. The summed E-state index contributed by atoms with van der Waals surface area (Å²) in [4.78, 5) is 54.0. The molecule has 1 aromatic heterocycles. The zero-order chi connectivity index (χ0) is 67.0. The monoisotopic (exact) mass is 1340 g/mol. The number of carbonyl (C=O) groups is 3. The van der Waals surface area contributed by atoms with E-state index in [4.69, 9.17) is 15.5 Å². The fourth-order valence-corrected chi connectivity index (χ4v) is 24.1. The standard InChI is InChI=1S/C75H97N5O13S2/c1-5-57-62(60(70(90)93-57)45-23-26-77-35-45)48-13-9-12-44-32-75(92)64-53(72(3)33-56(84)66(86)52-38-95-94-37-46(41-16-19-47(82)20-17-41)30-55(83)54(36-81)80-65(64)67(87)63(52)72)22-24-74(75,25-27-78-71(76)79-34-40-10-7-6-8-11-40)68(44)73(4,91)58(85)31-51(69(88)89)59-43-18-21-49(48)61(59)50-28-39(2)14-15-42(50)29-43/h6-8,10-11,16-21,23,26,29,35,39,43-44,46,48-54,56-63,66,68-69,77,80-82,84-86,88-89,91-92H,5,12,14-15,22,24-25,27-28,30-34,36-38H2,1-4H3,(H3,76,78,79)/t39-,43+,44-,46+,48+,49+,50-,51+,52-,53-,54+,56-,57-,58+,59-,60+,61-,62-,63-,66+,68+,72+,73-,74-,75+/m0/s1. The lowest BCUT2D eigenvalue weighted by Crippen LogP contribution is -2.67. The Balaban J connectivity index is 1.00. The average Bonchev–Trinajstić information content (AvgIpc) is 1.62. The number of nitrogens with two attached hydrogens (primary N) is 1. The van der Waals surface area contributed by atoms with Crippen molar-refractivity contribution in [3.05, 3.63) is 125 Å². The number of rotatable bonds is 11. The van der Waals surface area contributed by atoms with Gasteiger partial charge in [0.25, 0.3) is 0 Å². The number of H-pyrrole nitrogens is 1. The lowest BCUT2D eigenvalue weighted by Gasteiger charge is -2.63. The number of hydrogen-bond donors (Lipinski definition) is 13. The number of ketones is 2. The van der Waals surface area contributed by atoms with Gasteiger partial charge in [0.05, 0.1) is 54.3 Å². The van der Waals surface area contributed by atoms with Crippen molar-refractivity contribution >= 4 is 45.1 Å². The Labute approximate surface area is 565 Å². The SMILES string of the molecule is CC[C@@H]1OC(=O)[C@H](c2cc[nH]c2)[C@H]1[C@@H]1C#CC[C@H]2C[C@@]3(O)C4=C5N[C@H](CO)C(=O)C[C@@H](c6ccc(O)cc6)CSSC[C@@H]6[C@@H](O)[C@@H](O)C[C@@](C)([C@@H]6C5=O)[C@H]4CC[C@]3(CCNC(N)=NCc3ccccc3)[C@H]2[C@@](C)(O)[C@H](O)C[C@@H](C(O)O)[C@@H]2[C@@H]3C=C[C@H]1[C@H]2[C@H]1C[C@@H](C)CCC1=C3. The van der Waals surface area contributed by atoms with E-state index in [9.17, 15) is 45.6 Å². The molecule has 0 amide bonds. The summed E-state index contributed by atoms with van der Waals surface area (Å²) in [7, 11) is 2.94. The number of benzene rings is 2. The van der Waals surface area contributed by atoms with Crippen LogP contribution in [0.15, 0.2) is 113 Å². The van der Waals surface area contributed by atoms with E-state index in [1.54, 1.807) is 37.4 Å². The second-order valence-electron chi connectivity index (χ2n) is 30.5. The topological polar surface area (TPSA) is 321 Å². The maximum atomic E-state index is 16.5. The normalized spacial score (nSPS) is 42.7. The number of phenolic OH excluding ortho intramolecular Hbond substituents is 1. The summed E-state index contributed by atoms with van der Waals surface area (Å²) < 4.78 is 6.39. The summed E-state index contributed by atoms with van der Waals surface area (Å²) in [6, 6.07) is 16.8. The minimum Gasteiger partial charge on any atom is -0.508 e. The van der Waals surface area contributed by atoms with Crippen molar-refractivity contribution in [2.75, 3.05) is 24.7 Å². The predicted molar refractivity (Wildman–Crippen MR) is 363 cm³/mol. The smallest absolute Gasteiger partial charge is 0.314 e. The van der Waals surface area contributed by atoms with Gasteiger partial charge in [-0.05, 0) is 164 Å². The van der Waals surface area contributed by atoms with Crippen LogP contribution in [0.4, 0.5) is 0 Å². The highest BCUT2D eigenvalue weighted by molar-refractivity contribution is 8.76. The van der Waals surface area contributed by atoms with E-state index in [1.807, 2.05) is 56.4 Å². The maximum absolute atomic E-state index is 16.5. The van der Waals surface area contributed by atoms with Crippen LogP contribution < -0.4 is 16.4 Å². The quantitative estimate of drug-likeness (QED) is 0.0172. The summed E-state index contributed by atoms with van der Waals surface area (Å²) in [5.41, 5.74) is 3.97. The minimum atomic E-state index is -2.14. The molecule has 4 saturated carbocycles. The Morgan fingerprint density at radius 2 is 1.71 bits per heavy atom. The van der Waals surface area contributed by atoms with Gasteiger partial charge in [-0.25, -0.2) is 4.99 Å². The van der Waals surface area contributed by atoms with Gasteiger partial charge in [-0.1, -0.05) is 115 Å². The molecular weight excluding hydrogens is 1240 g/mol. The first-order valence-electron chi connectivity index (χ1n) is 34.9. The van der Waals surface area contributed by atoms with Gasteiger partial charge >= 0.3 is 5.97 Å². The first-order chi connectivity index (χ1) is 45.5. The largest absolute Gasteiger partial charge is 0.508 e. The molecule has 3 heterocycles. The Bertz CT molecular complexity index is 3520. The molecule has 18 nitrogen and oxygen atoms in total. The number of aromatic hydroxyl groups is 1. The maximum Gasteiger partial charge on any atom is 0.314 e. The molecule has 6 fully saturated rings. The van der Waals surface area contributed by atoms with E-state index in [0.717, 1.165) is 36.0 Å². The molecule has 20 heteroatoms. The van der Waals surface area contributed by atoms with Crippen LogP contribution in [-0.2, 0) is 25.7 Å². The molecule has 14 N–H and O–H groups in total. The van der Waals surface area contributed by atoms with Gasteiger partial charge in [0.15, 0.2) is 23.8 Å². The highest BCUT2D eigenvalue weighted by Crippen LogP contribution is 2.73. The predicted octanol–water partition coefficient (Wildman–Crippen LogP) is 7.17. The van der Waals surface area contributed by atoms with Crippen molar-refractivity contribution in [3.8, 4) is 17.6 Å². The molecule has 0 spiro atoms. The third-order valence-electron chi connectivity index (χ3n) is 25.5. The van der Waals surface area contributed by atoms with Crippen molar-refractivity contribution in [1.29, 1.82) is 0 Å². The van der Waals surface area contributed by atoms with Crippen molar-refractivity contribution in [2.24, 2.45) is 104 Å². The van der Waals surface area contributed by atoms with Gasteiger partial charge in [0, 0.05) is 90.1 Å². The molecule has 512 valence electrons. The Kier molecular flexibility index (Phi) is 19.4. The van der Waals surface area contributed by atoms with Crippen molar-refractivity contribution in [3.63, 3.8) is 0 Å². The molecular formula is C75H97N5O13S2. The van der Waals surface area contributed by atoms with Gasteiger partial charge in [-0.3, -0.25) is 14.4 Å². The lowest BCUT2D eigenvalue weighted by atomic mass is 9.43. The zero-order valence-corrected chi connectivity index (χ0v) is 56.5. The van der Waals surface area contributed by atoms with Gasteiger partial charge in [-0.2, -0.15) is 0 Å². The number of Topliss-reactive ketones (excluding diaryl/α,β-unsaturated/α-hetero) is 2. The number of guanidine groups is 1.